The smallest absolute Gasteiger partial charge is 0.227 e. The summed E-state index contributed by atoms with van der Waals surface area (Å²) >= 11 is 0. The lowest BCUT2D eigenvalue weighted by molar-refractivity contribution is -0.149. The molecule has 1 heterocycles. The number of amides is 4. The standard InChI is InChI=1S/C58H92N6O10/c1-16-38(8)54(63(13)58(71)44(35(2)3)31-48(66)53(37(6)7)62(11)12)50(72-14)32-51(68)64-28-20-23-46(64)55(73-15)40(10)57(70)61-45(30-41-21-18-17-19-22-41)49(67)34-74-33-42-24-26-43(27-25-42)60-56(69)39(9)29-47(65)52(59)36(4)5/h17-19,21-22,24-27,35-40,44-46,50,52-55H,16,20,23,28-34,59H2,1-15H3,(H,60,69)(H,61,70)/t38-,39-,40+,44-,45-,46-,50+,52+,53-,54-,55+/m0/s1. The molecule has 16 heteroatoms. The fourth-order valence-electron chi connectivity index (χ4n) is 10.4. The van der Waals surface area contributed by atoms with Crippen LogP contribution in [0.5, 0.6) is 0 Å². The summed E-state index contributed by atoms with van der Waals surface area (Å²) in [7, 11) is 8.62. The lowest BCUT2D eigenvalue weighted by Crippen LogP contribution is -2.55. The molecule has 3 rings (SSSR count). The van der Waals surface area contributed by atoms with Gasteiger partial charge in [0, 0.05) is 58.2 Å². The third-order valence-corrected chi connectivity index (χ3v) is 15.1. The van der Waals surface area contributed by atoms with E-state index in [1.165, 1.54) is 7.11 Å². The van der Waals surface area contributed by atoms with Crippen LogP contribution >= 0.6 is 0 Å². The quantitative estimate of drug-likeness (QED) is 0.0696. The fraction of sp³-hybridized carbons (Fsp3) is 0.672. The van der Waals surface area contributed by atoms with Gasteiger partial charge >= 0.3 is 0 Å². The first-order valence-corrected chi connectivity index (χ1v) is 26.8. The van der Waals surface area contributed by atoms with E-state index in [0.717, 1.165) is 17.5 Å². The number of methoxy groups -OCH3 is 2. The van der Waals surface area contributed by atoms with Gasteiger partial charge in [-0.05, 0) is 80.3 Å². The van der Waals surface area contributed by atoms with Crippen LogP contribution in [-0.2, 0) is 60.8 Å². The highest BCUT2D eigenvalue weighted by atomic mass is 16.5. The van der Waals surface area contributed by atoms with E-state index in [-0.39, 0.29) is 104 Å². The Hall–Kier alpha value is -4.87. The Morgan fingerprint density at radius 2 is 1.38 bits per heavy atom. The van der Waals surface area contributed by atoms with Gasteiger partial charge in [-0.2, -0.15) is 0 Å². The number of benzene rings is 2. The van der Waals surface area contributed by atoms with Crippen LogP contribution in [0, 0.1) is 41.4 Å². The molecular formula is C58H92N6O10. The van der Waals surface area contributed by atoms with Crippen LogP contribution in [0.4, 0.5) is 5.69 Å². The first-order valence-electron chi connectivity index (χ1n) is 26.8. The number of hydrogen-bond donors (Lipinski definition) is 3. The van der Waals surface area contributed by atoms with E-state index in [2.05, 4.69) is 10.6 Å². The zero-order chi connectivity index (χ0) is 55.6. The number of nitrogens with two attached hydrogens (primary N) is 1. The summed E-state index contributed by atoms with van der Waals surface area (Å²) in [4.78, 5) is 101. The predicted molar refractivity (Wildman–Crippen MR) is 290 cm³/mol. The predicted octanol–water partition coefficient (Wildman–Crippen LogP) is 6.75. The summed E-state index contributed by atoms with van der Waals surface area (Å²) in [6, 6.07) is 13.6. The monoisotopic (exact) mass is 1030 g/mol. The summed E-state index contributed by atoms with van der Waals surface area (Å²) in [5.41, 5.74) is 8.13. The zero-order valence-electron chi connectivity index (χ0n) is 47.4. The Bertz CT molecular complexity index is 2110. The number of nitrogens with zero attached hydrogens (tertiary/aromatic N) is 3. The first kappa shape index (κ1) is 63.4. The van der Waals surface area contributed by atoms with Gasteiger partial charge in [0.15, 0.2) is 17.3 Å². The molecule has 16 nitrogen and oxygen atoms in total. The van der Waals surface area contributed by atoms with Gasteiger partial charge < -0.3 is 40.4 Å². The van der Waals surface area contributed by atoms with Gasteiger partial charge in [0.1, 0.15) is 6.61 Å². The molecule has 414 valence electrons. The second-order valence-corrected chi connectivity index (χ2v) is 22.0. The minimum Gasteiger partial charge on any atom is -0.379 e. The van der Waals surface area contributed by atoms with E-state index in [1.54, 1.807) is 62.1 Å². The molecule has 0 aromatic heterocycles. The normalized spacial score (nSPS) is 18.0. The molecular weight excluding hydrogens is 941 g/mol. The summed E-state index contributed by atoms with van der Waals surface area (Å²) in [5.74, 6) is -3.44. The Balaban J connectivity index is 1.73. The number of nitrogens with one attached hydrogen (secondary N) is 2. The van der Waals surface area contributed by atoms with Gasteiger partial charge in [-0.25, -0.2) is 0 Å². The molecule has 2 aromatic carbocycles. The lowest BCUT2D eigenvalue weighted by atomic mass is 9.83. The molecule has 1 aliphatic heterocycles. The summed E-state index contributed by atoms with van der Waals surface area (Å²) in [6.07, 6.45) is 1.03. The van der Waals surface area contributed by atoms with Crippen molar-refractivity contribution in [2.24, 2.45) is 47.2 Å². The number of ether oxygens (including phenoxy) is 3. The van der Waals surface area contributed by atoms with Crippen molar-refractivity contribution in [3.05, 3.63) is 65.7 Å². The van der Waals surface area contributed by atoms with Crippen LogP contribution in [-0.4, -0.2) is 147 Å². The number of likely N-dealkylation sites (tertiary alicyclic amines) is 1. The maximum absolute atomic E-state index is 14.5. The molecule has 0 bridgehead atoms. The number of likely N-dealkylation sites (N-methyl/N-ethyl adjacent to an activating group) is 2. The average Bonchev–Trinajstić information content (AvgIpc) is 3.84. The van der Waals surface area contributed by atoms with Crippen LogP contribution in [0.1, 0.15) is 119 Å². The Morgan fingerprint density at radius 3 is 1.92 bits per heavy atom. The maximum atomic E-state index is 14.5. The molecule has 11 atom stereocenters. The zero-order valence-corrected chi connectivity index (χ0v) is 47.4. The SMILES string of the molecule is CC[C@H](C)[C@@H]([C@@H](CC(=O)N1CCC[C@H]1[C@H](OC)[C@@H](C)C(=O)N[C@@H](Cc1ccccc1)C(=O)COCc1ccc(NC(=O)[C@@H](C)CC(=O)[C@H](N)C(C)C)cc1)OC)N(C)C(=O)[C@@H](CC(=O)[C@H](C(C)C)N(C)C)C(C)C. The van der Waals surface area contributed by atoms with E-state index < -0.39 is 60.0 Å². The largest absolute Gasteiger partial charge is 0.379 e. The summed E-state index contributed by atoms with van der Waals surface area (Å²) in [6.45, 7) is 19.5. The van der Waals surface area contributed by atoms with Gasteiger partial charge in [-0.3, -0.25) is 38.5 Å². The summed E-state index contributed by atoms with van der Waals surface area (Å²) < 4.78 is 18.0. The number of anilines is 1. The average molecular weight is 1030 g/mol. The van der Waals surface area contributed by atoms with Crippen molar-refractivity contribution in [2.45, 2.75) is 163 Å². The molecule has 0 spiro atoms. The van der Waals surface area contributed by atoms with Crippen molar-refractivity contribution >= 4 is 46.7 Å². The van der Waals surface area contributed by atoms with Crippen molar-refractivity contribution in [3.63, 3.8) is 0 Å². The number of carbonyl (C=O) groups excluding carboxylic acids is 7. The highest BCUT2D eigenvalue weighted by Gasteiger charge is 2.43. The van der Waals surface area contributed by atoms with Crippen LogP contribution in [0.25, 0.3) is 0 Å². The van der Waals surface area contributed by atoms with Gasteiger partial charge in [0.2, 0.25) is 23.6 Å². The molecule has 0 aliphatic carbocycles. The molecule has 4 amide bonds. The highest BCUT2D eigenvalue weighted by Crippen LogP contribution is 2.31. The van der Waals surface area contributed by atoms with E-state index in [4.69, 9.17) is 19.9 Å². The van der Waals surface area contributed by atoms with Crippen molar-refractivity contribution in [3.8, 4) is 0 Å². The molecule has 0 radical (unpaired) electrons. The number of ketones is 3. The maximum Gasteiger partial charge on any atom is 0.227 e. The van der Waals surface area contributed by atoms with Gasteiger partial charge in [0.25, 0.3) is 0 Å². The molecule has 1 fully saturated rings. The molecule has 74 heavy (non-hydrogen) atoms. The van der Waals surface area contributed by atoms with Gasteiger partial charge in [0.05, 0.1) is 61.4 Å². The van der Waals surface area contributed by atoms with Crippen molar-refractivity contribution in [1.29, 1.82) is 0 Å². The van der Waals surface area contributed by atoms with Gasteiger partial charge in [-0.1, -0.05) is 118 Å². The minimum absolute atomic E-state index is 0.0105. The fourth-order valence-corrected chi connectivity index (χ4v) is 10.4. The van der Waals surface area contributed by atoms with Crippen LogP contribution in [0.3, 0.4) is 0 Å². The molecule has 1 saturated heterocycles. The van der Waals surface area contributed by atoms with Crippen molar-refractivity contribution < 1.29 is 47.8 Å². The van der Waals surface area contributed by atoms with Gasteiger partial charge in [-0.15, -0.1) is 0 Å². The van der Waals surface area contributed by atoms with Crippen LogP contribution in [0.15, 0.2) is 54.6 Å². The van der Waals surface area contributed by atoms with Crippen LogP contribution in [0.2, 0.25) is 0 Å². The van der Waals surface area contributed by atoms with Crippen molar-refractivity contribution in [2.75, 3.05) is 53.8 Å². The molecule has 2 aromatic rings. The highest BCUT2D eigenvalue weighted by molar-refractivity contribution is 5.96. The molecule has 0 saturated carbocycles. The number of rotatable bonds is 32. The van der Waals surface area contributed by atoms with Crippen LogP contribution < -0.4 is 16.4 Å². The number of hydrogen-bond acceptors (Lipinski definition) is 12. The van der Waals surface area contributed by atoms with E-state index in [9.17, 15) is 33.6 Å². The minimum atomic E-state index is -0.926. The van der Waals surface area contributed by atoms with E-state index in [0.29, 0.717) is 25.1 Å². The topological polar surface area (TPSA) is 207 Å². The van der Waals surface area contributed by atoms with E-state index in [1.807, 2.05) is 105 Å². The lowest BCUT2D eigenvalue weighted by Gasteiger charge is -2.41. The second kappa shape index (κ2) is 30.6. The Morgan fingerprint density at radius 1 is 0.743 bits per heavy atom. The molecule has 0 unspecified atom stereocenters. The first-order chi connectivity index (χ1) is 34.9. The third kappa shape index (κ3) is 18.2. The Kier molecular flexibility index (Phi) is 26.2. The Labute approximate surface area is 442 Å². The second-order valence-electron chi connectivity index (χ2n) is 22.0. The molecule has 1 aliphatic rings. The molecule has 4 N–H and O–H groups in total. The number of carbonyl (C=O) groups is 7. The summed E-state index contributed by atoms with van der Waals surface area (Å²) in [5, 5.41) is 5.84. The number of Topliss-reactive ketones (excluding diaryl/α,β-unsaturated/α-hetero) is 3. The van der Waals surface area contributed by atoms with Crippen molar-refractivity contribution in [1.82, 2.24) is 20.0 Å². The third-order valence-electron chi connectivity index (χ3n) is 15.1. The van der Waals surface area contributed by atoms with E-state index >= 15 is 0 Å².